The Morgan fingerprint density at radius 3 is 2.11 bits per heavy atom. The van der Waals surface area contributed by atoms with Gasteiger partial charge < -0.3 is 24.4 Å². The highest BCUT2D eigenvalue weighted by Crippen LogP contribution is 2.34. The van der Waals surface area contributed by atoms with Gasteiger partial charge >= 0.3 is 11.9 Å². The van der Waals surface area contributed by atoms with Crippen molar-refractivity contribution in [2.75, 3.05) is 20.3 Å². The molecule has 0 saturated carbocycles. The lowest BCUT2D eigenvalue weighted by Gasteiger charge is -2.15. The maximum Gasteiger partial charge on any atom is 0.303 e. The molecule has 0 amide bonds. The second kappa shape index (κ2) is 17.6. The Balaban J connectivity index is 1.33. The summed E-state index contributed by atoms with van der Waals surface area (Å²) in [5.74, 6) is 0.0298. The number of unbranched alkanes of at least 4 members (excludes halogenated alkanes) is 3. The number of ether oxygens (including phenoxy) is 3. The molecule has 4 aromatic rings. The minimum absolute atomic E-state index is 0.00185. The van der Waals surface area contributed by atoms with E-state index in [1.54, 1.807) is 19.2 Å². The van der Waals surface area contributed by atoms with Crippen molar-refractivity contribution in [3.8, 4) is 39.5 Å². The molecule has 2 N–H and O–H groups in total. The van der Waals surface area contributed by atoms with E-state index in [9.17, 15) is 19.1 Å². The summed E-state index contributed by atoms with van der Waals surface area (Å²) in [7, 11) is 1.63. The quantitative estimate of drug-likeness (QED) is 0.100. The molecule has 46 heavy (non-hydrogen) atoms. The molecule has 4 aromatic carbocycles. The van der Waals surface area contributed by atoms with E-state index >= 15 is 0 Å². The van der Waals surface area contributed by atoms with E-state index in [4.69, 9.17) is 19.3 Å². The third-order valence-corrected chi connectivity index (χ3v) is 7.74. The Labute approximate surface area is 269 Å². The van der Waals surface area contributed by atoms with E-state index in [-0.39, 0.29) is 25.3 Å². The third kappa shape index (κ3) is 10.4. The van der Waals surface area contributed by atoms with E-state index in [0.717, 1.165) is 65.7 Å². The van der Waals surface area contributed by atoms with E-state index in [0.29, 0.717) is 36.5 Å². The van der Waals surface area contributed by atoms with Crippen LogP contribution >= 0.6 is 0 Å². The predicted molar refractivity (Wildman–Crippen MR) is 176 cm³/mol. The van der Waals surface area contributed by atoms with Crippen LogP contribution in [0.25, 0.3) is 22.3 Å². The third-order valence-electron chi connectivity index (χ3n) is 7.74. The van der Waals surface area contributed by atoms with Gasteiger partial charge in [-0.3, -0.25) is 9.59 Å². The number of hydrogen-bond acceptors (Lipinski definition) is 5. The number of benzene rings is 4. The van der Waals surface area contributed by atoms with Crippen molar-refractivity contribution in [3.63, 3.8) is 0 Å². The molecule has 0 radical (unpaired) electrons. The van der Waals surface area contributed by atoms with Crippen molar-refractivity contribution in [2.45, 2.75) is 57.8 Å². The zero-order chi connectivity index (χ0) is 32.7. The van der Waals surface area contributed by atoms with Gasteiger partial charge in [-0.2, -0.15) is 0 Å². The Kier molecular flexibility index (Phi) is 13.0. The number of rotatable bonds is 19. The fourth-order valence-electron chi connectivity index (χ4n) is 5.35. The molecule has 8 heteroatoms. The van der Waals surface area contributed by atoms with Gasteiger partial charge in [0.15, 0.2) is 0 Å². The van der Waals surface area contributed by atoms with Crippen LogP contribution in [-0.4, -0.2) is 42.5 Å². The average molecular weight is 629 g/mol. The molecular formula is C38H41FO7. The first kappa shape index (κ1) is 34.0. The second-order valence-corrected chi connectivity index (χ2v) is 11.1. The van der Waals surface area contributed by atoms with Crippen LogP contribution in [0.5, 0.6) is 17.2 Å². The zero-order valence-corrected chi connectivity index (χ0v) is 26.2. The van der Waals surface area contributed by atoms with Gasteiger partial charge in [-0.25, -0.2) is 4.39 Å². The van der Waals surface area contributed by atoms with Crippen LogP contribution in [0.15, 0.2) is 84.9 Å². The van der Waals surface area contributed by atoms with Gasteiger partial charge in [0.1, 0.15) is 23.1 Å². The number of methoxy groups -OCH3 is 1. The molecule has 7 nitrogen and oxygen atoms in total. The highest BCUT2D eigenvalue weighted by atomic mass is 19.1. The summed E-state index contributed by atoms with van der Waals surface area (Å²) in [6.07, 6.45) is 5.25. The lowest BCUT2D eigenvalue weighted by atomic mass is 9.97. The Bertz CT molecular complexity index is 1580. The minimum atomic E-state index is -0.873. The Morgan fingerprint density at radius 2 is 1.37 bits per heavy atom. The fraction of sp³-hybridized carbons (Fsp3) is 0.316. The topological polar surface area (TPSA) is 102 Å². The first-order valence-electron chi connectivity index (χ1n) is 15.7. The molecule has 0 fully saturated rings. The smallest absolute Gasteiger partial charge is 0.303 e. The summed E-state index contributed by atoms with van der Waals surface area (Å²) in [5, 5.41) is 18.1. The molecular weight excluding hydrogens is 587 g/mol. The largest absolute Gasteiger partial charge is 0.497 e. The summed E-state index contributed by atoms with van der Waals surface area (Å²) < 4.78 is 32.0. The number of aryl methyl sites for hydroxylation is 1. The number of carboxylic acids is 2. The fourth-order valence-corrected chi connectivity index (χ4v) is 5.35. The standard InChI is InChI=1S/C38H41FO7/c1-44-31-18-16-27(17-19-31)29-24-30(33-12-5-6-13-35(33)39)26-32(25-29)45-22-7-3-2-4-10-28-11-8-14-36(34(28)20-21-38(42)43)46-23-9-15-37(40)41/h5-6,8,11-14,16-19,24-26H,2-4,7,9-10,15,20-23H2,1H3,(H,40,41)(H,42,43). The van der Waals surface area contributed by atoms with Crippen LogP contribution in [0.3, 0.4) is 0 Å². The number of hydrogen-bond donors (Lipinski definition) is 2. The number of aliphatic carboxylic acids is 2. The van der Waals surface area contributed by atoms with Crippen molar-refractivity contribution in [1.82, 2.24) is 0 Å². The van der Waals surface area contributed by atoms with Gasteiger partial charge in [0.2, 0.25) is 0 Å². The summed E-state index contributed by atoms with van der Waals surface area (Å²) in [6, 6.07) is 26.0. The Morgan fingerprint density at radius 1 is 0.652 bits per heavy atom. The molecule has 242 valence electrons. The normalized spacial score (nSPS) is 10.8. The molecule has 0 aromatic heterocycles. The van der Waals surface area contributed by atoms with Crippen LogP contribution in [0.1, 0.15) is 56.1 Å². The van der Waals surface area contributed by atoms with Gasteiger partial charge in [0.05, 0.1) is 20.3 Å². The first-order chi connectivity index (χ1) is 22.3. The van der Waals surface area contributed by atoms with Crippen LogP contribution < -0.4 is 14.2 Å². The van der Waals surface area contributed by atoms with E-state index < -0.39 is 11.9 Å². The molecule has 0 aliphatic rings. The van der Waals surface area contributed by atoms with E-state index in [1.807, 2.05) is 66.7 Å². The number of carbonyl (C=O) groups is 2. The summed E-state index contributed by atoms with van der Waals surface area (Å²) >= 11 is 0. The molecule has 4 rings (SSSR count). The van der Waals surface area contributed by atoms with Crippen LogP contribution in [0.2, 0.25) is 0 Å². The Hall–Kier alpha value is -4.85. The maximum atomic E-state index is 14.7. The molecule has 0 spiro atoms. The van der Waals surface area contributed by atoms with Crippen LogP contribution in [0.4, 0.5) is 4.39 Å². The van der Waals surface area contributed by atoms with Crippen molar-refractivity contribution in [2.24, 2.45) is 0 Å². The number of carboxylic acid groups (broad SMARTS) is 2. The van der Waals surface area contributed by atoms with Gasteiger partial charge in [-0.15, -0.1) is 0 Å². The zero-order valence-electron chi connectivity index (χ0n) is 26.2. The van der Waals surface area contributed by atoms with Gasteiger partial charge in [-0.05, 0) is 102 Å². The summed E-state index contributed by atoms with van der Waals surface area (Å²) in [5.41, 5.74) is 5.09. The lowest BCUT2D eigenvalue weighted by molar-refractivity contribution is -0.138. The monoisotopic (exact) mass is 628 g/mol. The minimum Gasteiger partial charge on any atom is -0.497 e. The highest BCUT2D eigenvalue weighted by molar-refractivity contribution is 5.75. The molecule has 0 unspecified atom stereocenters. The predicted octanol–water partition coefficient (Wildman–Crippen LogP) is 8.61. The second-order valence-electron chi connectivity index (χ2n) is 11.1. The van der Waals surface area contributed by atoms with Crippen molar-refractivity contribution in [3.05, 3.63) is 102 Å². The van der Waals surface area contributed by atoms with Gasteiger partial charge in [0.25, 0.3) is 0 Å². The van der Waals surface area contributed by atoms with Crippen LogP contribution in [0, 0.1) is 5.82 Å². The summed E-state index contributed by atoms with van der Waals surface area (Å²) in [4.78, 5) is 22.1. The van der Waals surface area contributed by atoms with Crippen molar-refractivity contribution in [1.29, 1.82) is 0 Å². The van der Waals surface area contributed by atoms with Crippen molar-refractivity contribution >= 4 is 11.9 Å². The lowest BCUT2D eigenvalue weighted by Crippen LogP contribution is -2.07. The average Bonchev–Trinajstić information content (AvgIpc) is 3.05. The van der Waals surface area contributed by atoms with Crippen molar-refractivity contribution < 1.29 is 38.4 Å². The first-order valence-corrected chi connectivity index (χ1v) is 15.7. The SMILES string of the molecule is COc1ccc(-c2cc(OCCCCCCc3cccc(OCCCC(=O)O)c3CCC(=O)O)cc(-c3ccccc3F)c2)cc1. The molecule has 0 heterocycles. The van der Waals surface area contributed by atoms with E-state index in [1.165, 1.54) is 6.07 Å². The molecule has 0 bridgehead atoms. The van der Waals surface area contributed by atoms with Gasteiger partial charge in [0, 0.05) is 18.4 Å². The van der Waals surface area contributed by atoms with Crippen LogP contribution in [-0.2, 0) is 22.4 Å². The van der Waals surface area contributed by atoms with Gasteiger partial charge in [-0.1, -0.05) is 55.3 Å². The van der Waals surface area contributed by atoms with E-state index in [2.05, 4.69) is 0 Å². The molecule has 0 atom stereocenters. The highest BCUT2D eigenvalue weighted by Gasteiger charge is 2.13. The molecule has 0 saturated heterocycles. The molecule has 0 aliphatic heterocycles. The summed E-state index contributed by atoms with van der Waals surface area (Å²) in [6.45, 7) is 0.785. The number of halogens is 1. The maximum absolute atomic E-state index is 14.7. The molecule has 0 aliphatic carbocycles.